The molecule has 0 heterocycles. The zero-order valence-electron chi connectivity index (χ0n) is 7.73. The van der Waals surface area contributed by atoms with E-state index in [9.17, 15) is 0 Å². The molecule has 1 aromatic rings. The molecule has 0 aromatic heterocycles. The minimum absolute atomic E-state index is 0.657. The van der Waals surface area contributed by atoms with E-state index < -0.39 is 0 Å². The molecule has 0 bridgehead atoms. The SMILES string of the molecule is CN=CN(C)c1ccccc1C#N. The first kappa shape index (κ1) is 9.27. The number of para-hydroxylation sites is 1. The van der Waals surface area contributed by atoms with E-state index in [2.05, 4.69) is 11.1 Å². The average Bonchev–Trinajstić information content (AvgIpc) is 2.18. The van der Waals surface area contributed by atoms with E-state index in [0.717, 1.165) is 5.69 Å². The molecule has 3 heteroatoms. The van der Waals surface area contributed by atoms with Gasteiger partial charge in [0.1, 0.15) is 6.07 Å². The van der Waals surface area contributed by atoms with Crippen LogP contribution in [0.4, 0.5) is 5.69 Å². The summed E-state index contributed by atoms with van der Waals surface area (Å²) in [7, 11) is 3.56. The summed E-state index contributed by atoms with van der Waals surface area (Å²) in [5.41, 5.74) is 1.53. The Morgan fingerprint density at radius 1 is 1.46 bits per heavy atom. The number of hydrogen-bond donors (Lipinski definition) is 0. The van der Waals surface area contributed by atoms with Gasteiger partial charge >= 0.3 is 0 Å². The fourth-order valence-corrected chi connectivity index (χ4v) is 1.11. The molecule has 0 spiro atoms. The van der Waals surface area contributed by atoms with E-state index in [1.165, 1.54) is 0 Å². The molecular weight excluding hydrogens is 162 g/mol. The molecular formula is C10H11N3. The van der Waals surface area contributed by atoms with Gasteiger partial charge in [0.2, 0.25) is 0 Å². The van der Waals surface area contributed by atoms with E-state index in [4.69, 9.17) is 5.26 Å². The maximum absolute atomic E-state index is 8.81. The third-order valence-corrected chi connectivity index (χ3v) is 1.69. The lowest BCUT2D eigenvalue weighted by molar-refractivity contribution is 1.26. The summed E-state index contributed by atoms with van der Waals surface area (Å²) in [5, 5.41) is 8.81. The van der Waals surface area contributed by atoms with Gasteiger partial charge in [0.05, 0.1) is 17.6 Å². The van der Waals surface area contributed by atoms with Gasteiger partial charge in [-0.05, 0) is 12.1 Å². The van der Waals surface area contributed by atoms with Crippen LogP contribution < -0.4 is 4.90 Å². The summed E-state index contributed by atoms with van der Waals surface area (Å²) in [6.07, 6.45) is 1.68. The molecule has 13 heavy (non-hydrogen) atoms. The average molecular weight is 173 g/mol. The van der Waals surface area contributed by atoms with E-state index in [0.29, 0.717) is 5.56 Å². The lowest BCUT2D eigenvalue weighted by atomic mass is 10.2. The van der Waals surface area contributed by atoms with Gasteiger partial charge in [-0.2, -0.15) is 5.26 Å². The first-order valence-corrected chi connectivity index (χ1v) is 3.94. The van der Waals surface area contributed by atoms with Crippen LogP contribution in [0.2, 0.25) is 0 Å². The Morgan fingerprint density at radius 3 is 2.77 bits per heavy atom. The van der Waals surface area contributed by atoms with Crippen LogP contribution in [-0.2, 0) is 0 Å². The van der Waals surface area contributed by atoms with Crippen LogP contribution in [0.3, 0.4) is 0 Å². The van der Waals surface area contributed by atoms with Gasteiger partial charge < -0.3 is 4.90 Å². The minimum Gasteiger partial charge on any atom is -0.335 e. The van der Waals surface area contributed by atoms with E-state index in [1.54, 1.807) is 19.5 Å². The molecule has 0 aliphatic heterocycles. The molecule has 0 saturated heterocycles. The molecule has 0 radical (unpaired) electrons. The normalized spacial score (nSPS) is 9.92. The van der Waals surface area contributed by atoms with Crippen LogP contribution in [0.25, 0.3) is 0 Å². The van der Waals surface area contributed by atoms with Crippen molar-refractivity contribution in [1.82, 2.24) is 0 Å². The summed E-state index contributed by atoms with van der Waals surface area (Å²) < 4.78 is 0. The van der Waals surface area contributed by atoms with E-state index >= 15 is 0 Å². The molecule has 0 amide bonds. The summed E-state index contributed by atoms with van der Waals surface area (Å²) in [6.45, 7) is 0. The highest BCUT2D eigenvalue weighted by Crippen LogP contribution is 2.16. The zero-order valence-corrected chi connectivity index (χ0v) is 7.73. The minimum atomic E-state index is 0.657. The van der Waals surface area contributed by atoms with Crippen molar-refractivity contribution in [3.8, 4) is 6.07 Å². The quantitative estimate of drug-likeness (QED) is 0.504. The molecule has 1 aromatic carbocycles. The van der Waals surface area contributed by atoms with Gasteiger partial charge in [-0.3, -0.25) is 4.99 Å². The summed E-state index contributed by atoms with van der Waals surface area (Å²) in [6, 6.07) is 9.55. The first-order valence-electron chi connectivity index (χ1n) is 3.94. The predicted molar refractivity (Wildman–Crippen MR) is 54.0 cm³/mol. The first-order chi connectivity index (χ1) is 6.29. The van der Waals surface area contributed by atoms with Crippen molar-refractivity contribution < 1.29 is 0 Å². The summed E-state index contributed by atoms with van der Waals surface area (Å²) >= 11 is 0. The molecule has 0 aliphatic rings. The lowest BCUT2D eigenvalue weighted by Crippen LogP contribution is -2.15. The molecule has 0 saturated carbocycles. The number of anilines is 1. The van der Waals surface area contributed by atoms with Crippen molar-refractivity contribution in [3.63, 3.8) is 0 Å². The Labute approximate surface area is 77.9 Å². The topological polar surface area (TPSA) is 39.4 Å². The highest BCUT2D eigenvalue weighted by molar-refractivity contribution is 5.81. The highest BCUT2D eigenvalue weighted by Gasteiger charge is 2.02. The van der Waals surface area contributed by atoms with Crippen LogP contribution >= 0.6 is 0 Å². The van der Waals surface area contributed by atoms with Crippen molar-refractivity contribution in [3.05, 3.63) is 29.8 Å². The second-order valence-electron chi connectivity index (χ2n) is 2.61. The Kier molecular flexibility index (Phi) is 3.04. The second-order valence-corrected chi connectivity index (χ2v) is 2.61. The maximum atomic E-state index is 8.81. The predicted octanol–water partition coefficient (Wildman–Crippen LogP) is 1.65. The van der Waals surface area contributed by atoms with Crippen LogP contribution in [0.1, 0.15) is 5.56 Å². The van der Waals surface area contributed by atoms with Crippen LogP contribution in [0.15, 0.2) is 29.3 Å². The van der Waals surface area contributed by atoms with Crippen molar-refractivity contribution in [2.45, 2.75) is 0 Å². The number of nitriles is 1. The summed E-state index contributed by atoms with van der Waals surface area (Å²) in [5.74, 6) is 0. The Hall–Kier alpha value is -1.82. The van der Waals surface area contributed by atoms with Gasteiger partial charge in [0.15, 0.2) is 0 Å². The Bertz CT molecular complexity index is 349. The van der Waals surface area contributed by atoms with Crippen LogP contribution in [-0.4, -0.2) is 20.4 Å². The number of aliphatic imine (C=N–C) groups is 1. The third kappa shape index (κ3) is 2.06. The van der Waals surface area contributed by atoms with Gasteiger partial charge in [0, 0.05) is 14.1 Å². The van der Waals surface area contributed by atoms with E-state index in [1.807, 2.05) is 30.1 Å². The zero-order chi connectivity index (χ0) is 9.68. The van der Waals surface area contributed by atoms with Crippen molar-refractivity contribution >= 4 is 12.0 Å². The molecule has 0 atom stereocenters. The second kappa shape index (κ2) is 4.27. The highest BCUT2D eigenvalue weighted by atomic mass is 15.1. The Morgan fingerprint density at radius 2 is 2.15 bits per heavy atom. The maximum Gasteiger partial charge on any atom is 0.101 e. The van der Waals surface area contributed by atoms with Crippen LogP contribution in [0.5, 0.6) is 0 Å². The molecule has 3 nitrogen and oxygen atoms in total. The van der Waals surface area contributed by atoms with E-state index in [-0.39, 0.29) is 0 Å². The molecule has 0 fully saturated rings. The fraction of sp³-hybridized carbons (Fsp3) is 0.200. The standard InChI is InChI=1S/C10H11N3/c1-12-8-13(2)10-6-4-3-5-9(10)7-11/h3-6,8H,1-2H3. The molecule has 0 aliphatic carbocycles. The van der Waals surface area contributed by atoms with Crippen LogP contribution in [0, 0.1) is 11.3 Å². The fourth-order valence-electron chi connectivity index (χ4n) is 1.11. The molecule has 0 unspecified atom stereocenters. The third-order valence-electron chi connectivity index (χ3n) is 1.69. The van der Waals surface area contributed by atoms with Crippen molar-refractivity contribution in [2.75, 3.05) is 19.0 Å². The van der Waals surface area contributed by atoms with Gasteiger partial charge in [0.25, 0.3) is 0 Å². The molecule has 1 rings (SSSR count). The van der Waals surface area contributed by atoms with Gasteiger partial charge in [-0.15, -0.1) is 0 Å². The van der Waals surface area contributed by atoms with Gasteiger partial charge in [-0.25, -0.2) is 0 Å². The summed E-state index contributed by atoms with van der Waals surface area (Å²) in [4.78, 5) is 5.70. The van der Waals surface area contributed by atoms with Crippen molar-refractivity contribution in [2.24, 2.45) is 4.99 Å². The monoisotopic (exact) mass is 173 g/mol. The smallest absolute Gasteiger partial charge is 0.101 e. The lowest BCUT2D eigenvalue weighted by Gasteiger charge is -2.13. The number of hydrogen-bond acceptors (Lipinski definition) is 2. The molecule has 0 N–H and O–H groups in total. The molecule has 66 valence electrons. The van der Waals surface area contributed by atoms with Gasteiger partial charge in [-0.1, -0.05) is 12.1 Å². The largest absolute Gasteiger partial charge is 0.335 e. The number of benzene rings is 1. The van der Waals surface area contributed by atoms with Crippen molar-refractivity contribution in [1.29, 1.82) is 5.26 Å². The number of nitrogens with zero attached hydrogens (tertiary/aromatic N) is 3. The number of rotatable bonds is 2. The Balaban J connectivity index is 3.07.